The number of carboxylic acid groups (broad SMARTS) is 1. The Labute approximate surface area is 89.9 Å². The fraction of sp³-hybridized carbons (Fsp3) is 0.333. The molecule has 0 spiro atoms. The van der Waals surface area contributed by atoms with Crippen molar-refractivity contribution in [2.75, 3.05) is 12.8 Å². The van der Waals surface area contributed by atoms with Crippen LogP contribution in [0.5, 0.6) is 5.75 Å². The number of alkyl halides is 2. The zero-order valence-corrected chi connectivity index (χ0v) is 8.41. The number of methoxy groups -OCH3 is 1. The van der Waals surface area contributed by atoms with E-state index in [2.05, 4.69) is 4.98 Å². The number of carboxylic acids is 1. The maximum atomic E-state index is 12.4. The molecular weight excluding hydrogens is 222 g/mol. The second-order valence-electron chi connectivity index (χ2n) is 2.99. The highest BCUT2D eigenvalue weighted by atomic mass is 19.3. The Kier molecular flexibility index (Phi) is 3.60. The Bertz CT molecular complexity index is 410. The normalized spacial score (nSPS) is 10.5. The van der Waals surface area contributed by atoms with E-state index >= 15 is 0 Å². The number of rotatable bonds is 4. The number of nitrogen functional groups attached to an aromatic ring is 1. The van der Waals surface area contributed by atoms with Crippen LogP contribution in [0.25, 0.3) is 0 Å². The van der Waals surface area contributed by atoms with E-state index in [1.807, 2.05) is 0 Å². The van der Waals surface area contributed by atoms with Gasteiger partial charge in [-0.2, -0.15) is 0 Å². The molecule has 0 bridgehead atoms. The first kappa shape index (κ1) is 12.2. The largest absolute Gasteiger partial charge is 0.493 e. The third-order valence-electron chi connectivity index (χ3n) is 1.84. The molecule has 1 rings (SSSR count). The van der Waals surface area contributed by atoms with E-state index < -0.39 is 24.5 Å². The molecule has 5 nitrogen and oxygen atoms in total. The summed E-state index contributed by atoms with van der Waals surface area (Å²) in [7, 11) is 1.26. The van der Waals surface area contributed by atoms with Crippen molar-refractivity contribution in [1.82, 2.24) is 4.98 Å². The molecule has 0 saturated carbocycles. The van der Waals surface area contributed by atoms with Crippen LogP contribution in [0.15, 0.2) is 6.07 Å². The Balaban J connectivity index is 3.24. The van der Waals surface area contributed by atoms with E-state index in [1.54, 1.807) is 0 Å². The molecule has 1 aromatic heterocycles. The molecule has 0 amide bonds. The van der Waals surface area contributed by atoms with Crippen LogP contribution in [-0.4, -0.2) is 23.2 Å². The first-order chi connectivity index (χ1) is 7.45. The molecule has 0 aliphatic rings. The van der Waals surface area contributed by atoms with Crippen molar-refractivity contribution >= 4 is 11.7 Å². The Hall–Kier alpha value is -1.92. The quantitative estimate of drug-likeness (QED) is 0.815. The van der Waals surface area contributed by atoms with Crippen molar-refractivity contribution in [3.63, 3.8) is 0 Å². The number of carbonyl (C=O) groups is 1. The second-order valence-corrected chi connectivity index (χ2v) is 2.99. The third-order valence-corrected chi connectivity index (χ3v) is 1.84. The number of hydrogen-bond donors (Lipinski definition) is 2. The van der Waals surface area contributed by atoms with Crippen LogP contribution in [0.1, 0.15) is 17.8 Å². The van der Waals surface area contributed by atoms with Gasteiger partial charge in [-0.1, -0.05) is 0 Å². The highest BCUT2D eigenvalue weighted by Crippen LogP contribution is 2.29. The van der Waals surface area contributed by atoms with Crippen molar-refractivity contribution in [2.45, 2.75) is 12.8 Å². The minimum Gasteiger partial charge on any atom is -0.493 e. The van der Waals surface area contributed by atoms with E-state index in [4.69, 9.17) is 15.6 Å². The van der Waals surface area contributed by atoms with Gasteiger partial charge in [-0.15, -0.1) is 0 Å². The lowest BCUT2D eigenvalue weighted by atomic mass is 10.2. The number of nitrogens with two attached hydrogens (primary N) is 1. The van der Waals surface area contributed by atoms with Gasteiger partial charge in [0, 0.05) is 0 Å². The molecule has 0 saturated heterocycles. The number of anilines is 1. The minimum absolute atomic E-state index is 0.0202. The summed E-state index contributed by atoms with van der Waals surface area (Å²) < 4.78 is 29.6. The highest BCUT2D eigenvalue weighted by molar-refractivity contribution is 5.72. The van der Waals surface area contributed by atoms with E-state index in [1.165, 1.54) is 7.11 Å². The SMILES string of the molecule is COc1c(N)cc(C(F)F)nc1CC(=O)O. The summed E-state index contributed by atoms with van der Waals surface area (Å²) in [5, 5.41) is 8.58. The summed E-state index contributed by atoms with van der Waals surface area (Å²) in [6, 6.07) is 0.967. The Morgan fingerprint density at radius 1 is 1.69 bits per heavy atom. The first-order valence-corrected chi connectivity index (χ1v) is 4.29. The van der Waals surface area contributed by atoms with Gasteiger partial charge in [0.1, 0.15) is 5.69 Å². The van der Waals surface area contributed by atoms with Gasteiger partial charge in [-0.05, 0) is 6.07 Å². The van der Waals surface area contributed by atoms with E-state index in [0.717, 1.165) is 6.07 Å². The highest BCUT2D eigenvalue weighted by Gasteiger charge is 2.18. The van der Waals surface area contributed by atoms with Crippen molar-refractivity contribution in [1.29, 1.82) is 0 Å². The fourth-order valence-electron chi connectivity index (χ4n) is 1.24. The fourth-order valence-corrected chi connectivity index (χ4v) is 1.24. The summed E-state index contributed by atoms with van der Waals surface area (Å²) in [5.74, 6) is -1.18. The summed E-state index contributed by atoms with van der Waals surface area (Å²) in [5.41, 5.74) is 4.74. The van der Waals surface area contributed by atoms with Gasteiger partial charge in [0.25, 0.3) is 6.43 Å². The van der Waals surface area contributed by atoms with Crippen LogP contribution in [0.3, 0.4) is 0 Å². The monoisotopic (exact) mass is 232 g/mol. The summed E-state index contributed by atoms with van der Waals surface area (Å²) in [6.07, 6.45) is -3.32. The average Bonchev–Trinajstić information content (AvgIpc) is 2.16. The van der Waals surface area contributed by atoms with Gasteiger partial charge < -0.3 is 15.6 Å². The smallest absolute Gasteiger partial charge is 0.309 e. The predicted octanol–water partition coefficient (Wildman–Crippen LogP) is 1.24. The number of nitrogens with zero attached hydrogens (tertiary/aromatic N) is 1. The van der Waals surface area contributed by atoms with Crippen LogP contribution >= 0.6 is 0 Å². The zero-order valence-electron chi connectivity index (χ0n) is 8.41. The van der Waals surface area contributed by atoms with Gasteiger partial charge in [0.2, 0.25) is 0 Å². The van der Waals surface area contributed by atoms with Gasteiger partial charge in [-0.25, -0.2) is 13.8 Å². The molecule has 3 N–H and O–H groups in total. The summed E-state index contributed by atoms with van der Waals surface area (Å²) in [6.45, 7) is 0. The topological polar surface area (TPSA) is 85.4 Å². The second kappa shape index (κ2) is 4.73. The third kappa shape index (κ3) is 2.56. The van der Waals surface area contributed by atoms with Crippen molar-refractivity contribution < 1.29 is 23.4 Å². The maximum Gasteiger partial charge on any atom is 0.309 e. The van der Waals surface area contributed by atoms with E-state index in [0.29, 0.717) is 0 Å². The maximum absolute atomic E-state index is 12.4. The average molecular weight is 232 g/mol. The molecule has 0 radical (unpaired) electrons. The van der Waals surface area contributed by atoms with Crippen molar-refractivity contribution in [3.8, 4) is 5.75 Å². The molecule has 0 fully saturated rings. The molecule has 7 heteroatoms. The number of pyridine rings is 1. The molecule has 16 heavy (non-hydrogen) atoms. The van der Waals surface area contributed by atoms with E-state index in [9.17, 15) is 13.6 Å². The number of hydrogen-bond acceptors (Lipinski definition) is 4. The van der Waals surface area contributed by atoms with E-state index in [-0.39, 0.29) is 17.1 Å². The Morgan fingerprint density at radius 2 is 2.31 bits per heavy atom. The van der Waals surface area contributed by atoms with Crippen molar-refractivity contribution in [3.05, 3.63) is 17.5 Å². The predicted molar refractivity (Wildman–Crippen MR) is 51.5 cm³/mol. The number of ether oxygens (including phenoxy) is 1. The van der Waals surface area contributed by atoms with Gasteiger partial charge in [-0.3, -0.25) is 4.79 Å². The number of aromatic nitrogens is 1. The molecule has 1 aromatic rings. The summed E-state index contributed by atoms with van der Waals surface area (Å²) in [4.78, 5) is 14.0. The lowest BCUT2D eigenvalue weighted by molar-refractivity contribution is -0.136. The lowest BCUT2D eigenvalue weighted by Gasteiger charge is -2.11. The van der Waals surface area contributed by atoms with Crippen LogP contribution < -0.4 is 10.5 Å². The molecule has 0 aliphatic carbocycles. The zero-order chi connectivity index (χ0) is 12.3. The van der Waals surface area contributed by atoms with Crippen LogP contribution in [0, 0.1) is 0 Å². The molecular formula is C9H10F2N2O3. The van der Waals surface area contributed by atoms with Crippen molar-refractivity contribution in [2.24, 2.45) is 0 Å². The van der Waals surface area contributed by atoms with Crippen LogP contribution in [-0.2, 0) is 11.2 Å². The van der Waals surface area contributed by atoms with Crippen LogP contribution in [0.4, 0.5) is 14.5 Å². The molecule has 1 heterocycles. The van der Waals surface area contributed by atoms with Crippen LogP contribution in [0.2, 0.25) is 0 Å². The van der Waals surface area contributed by atoms with Gasteiger partial charge >= 0.3 is 5.97 Å². The molecule has 88 valence electrons. The number of halogens is 2. The lowest BCUT2D eigenvalue weighted by Crippen LogP contribution is -2.09. The molecule has 0 unspecified atom stereocenters. The number of aliphatic carboxylic acids is 1. The van der Waals surface area contributed by atoms with Gasteiger partial charge in [0.15, 0.2) is 5.75 Å². The minimum atomic E-state index is -2.80. The standard InChI is InChI=1S/C9H10F2N2O3/c1-16-8-4(12)2-6(9(10)11)13-5(8)3-7(14)15/h2,9H,3H2,1H3,(H2,12,13)(H,14,15). The van der Waals surface area contributed by atoms with Gasteiger partial charge in [0.05, 0.1) is 24.9 Å². The summed E-state index contributed by atoms with van der Waals surface area (Å²) >= 11 is 0. The molecule has 0 aromatic carbocycles. The first-order valence-electron chi connectivity index (χ1n) is 4.29. The molecule has 0 atom stereocenters. The Morgan fingerprint density at radius 3 is 2.75 bits per heavy atom. The molecule has 0 aliphatic heterocycles.